The minimum Gasteiger partial charge on any atom is -0.378 e. The number of allylic oxidation sites excluding steroid dienone is 2. The molecule has 2 atom stereocenters. The Kier molecular flexibility index (Phi) is 3.98. The topological polar surface area (TPSA) is 92.8 Å². The summed E-state index contributed by atoms with van der Waals surface area (Å²) in [6, 6.07) is -0.951. The molecule has 1 amide bonds. The Balaban J connectivity index is 2.40. The highest BCUT2D eigenvalue weighted by Crippen LogP contribution is 2.39. The number of nitrogens with one attached hydrogen (secondary N) is 1. The highest BCUT2D eigenvalue weighted by Gasteiger charge is 2.54. The van der Waals surface area contributed by atoms with Crippen LogP contribution in [0.4, 0.5) is 13.2 Å². The summed E-state index contributed by atoms with van der Waals surface area (Å²) in [7, 11) is -4.34. The van der Waals surface area contributed by atoms with Gasteiger partial charge < -0.3 is 9.50 Å². The number of β-lactam (4-membered cyclic amide) rings is 1. The predicted octanol–water partition coefficient (Wildman–Crippen LogP) is 0.246. The Morgan fingerprint density at radius 3 is 2.45 bits per heavy atom. The third-order valence-electron chi connectivity index (χ3n) is 3.53. The molecule has 0 aromatic rings. The molecule has 1 fully saturated rings. The first-order valence-corrected chi connectivity index (χ1v) is 7.67. The first-order valence-electron chi connectivity index (χ1n) is 6.26. The molecule has 1 saturated heterocycles. The van der Waals surface area contributed by atoms with Crippen LogP contribution in [-0.2, 0) is 23.9 Å². The monoisotopic (exact) mass is 342 g/mol. The number of nitrogens with zero attached hydrogens (tertiary/aromatic N) is 1. The molecule has 0 bridgehead atoms. The number of alkyl halides is 3. The molecular weight excluding hydrogens is 329 g/mol. The SMILES string of the molecule is CN[C@@H]1C(=O)N2C(C(C)=O)=C(OS(=O)(=O)C(F)(F)F)CCC12. The summed E-state index contributed by atoms with van der Waals surface area (Å²) in [6.07, 6.45) is 0.00753. The maximum atomic E-state index is 12.4. The first-order chi connectivity index (χ1) is 10.0. The van der Waals surface area contributed by atoms with E-state index in [4.69, 9.17) is 0 Å². The zero-order valence-electron chi connectivity index (χ0n) is 11.6. The summed E-state index contributed by atoms with van der Waals surface area (Å²) in [5.41, 5.74) is -6.04. The second-order valence-corrected chi connectivity index (χ2v) is 6.43. The quantitative estimate of drug-likeness (QED) is 0.447. The molecule has 124 valence electrons. The van der Waals surface area contributed by atoms with E-state index >= 15 is 0 Å². The first kappa shape index (κ1) is 16.7. The summed E-state index contributed by atoms with van der Waals surface area (Å²) in [4.78, 5) is 24.5. The van der Waals surface area contributed by atoms with Crippen LogP contribution in [0.5, 0.6) is 0 Å². The van der Waals surface area contributed by atoms with Crippen molar-refractivity contribution in [1.29, 1.82) is 0 Å². The summed E-state index contributed by atoms with van der Waals surface area (Å²) in [5, 5.41) is 2.73. The summed E-state index contributed by atoms with van der Waals surface area (Å²) in [6.45, 7) is 1.03. The van der Waals surface area contributed by atoms with Crippen LogP contribution >= 0.6 is 0 Å². The molecule has 11 heteroatoms. The van der Waals surface area contributed by atoms with E-state index < -0.39 is 50.9 Å². The van der Waals surface area contributed by atoms with Crippen molar-refractivity contribution in [3.05, 3.63) is 11.5 Å². The molecule has 2 aliphatic rings. The van der Waals surface area contributed by atoms with E-state index in [1.54, 1.807) is 0 Å². The molecule has 2 rings (SSSR count). The van der Waals surface area contributed by atoms with Crippen molar-refractivity contribution in [2.75, 3.05) is 7.05 Å². The number of fused-ring (bicyclic) bond motifs is 1. The Hall–Kier alpha value is -1.62. The van der Waals surface area contributed by atoms with Crippen LogP contribution in [0.15, 0.2) is 11.5 Å². The van der Waals surface area contributed by atoms with E-state index in [0.717, 1.165) is 11.8 Å². The lowest BCUT2D eigenvalue weighted by atomic mass is 9.85. The minimum absolute atomic E-state index is 0.184. The summed E-state index contributed by atoms with van der Waals surface area (Å²) >= 11 is 0. The zero-order valence-corrected chi connectivity index (χ0v) is 12.4. The van der Waals surface area contributed by atoms with Gasteiger partial charge in [0.05, 0.1) is 6.04 Å². The molecule has 2 heterocycles. The van der Waals surface area contributed by atoms with Crippen LogP contribution < -0.4 is 5.32 Å². The van der Waals surface area contributed by atoms with Crippen LogP contribution in [0.2, 0.25) is 0 Å². The molecule has 1 N–H and O–H groups in total. The molecule has 0 spiro atoms. The van der Waals surface area contributed by atoms with Crippen molar-refractivity contribution >= 4 is 21.8 Å². The average molecular weight is 342 g/mol. The number of halogens is 3. The van der Waals surface area contributed by atoms with Gasteiger partial charge in [0.2, 0.25) is 5.91 Å². The lowest BCUT2D eigenvalue weighted by molar-refractivity contribution is -0.150. The van der Waals surface area contributed by atoms with E-state index in [1.165, 1.54) is 7.05 Å². The van der Waals surface area contributed by atoms with Gasteiger partial charge in [-0.25, -0.2) is 0 Å². The third kappa shape index (κ3) is 2.47. The van der Waals surface area contributed by atoms with Gasteiger partial charge in [-0.1, -0.05) is 0 Å². The van der Waals surface area contributed by atoms with Crippen LogP contribution in [0.1, 0.15) is 19.8 Å². The van der Waals surface area contributed by atoms with Gasteiger partial charge in [-0.15, -0.1) is 0 Å². The van der Waals surface area contributed by atoms with E-state index in [2.05, 4.69) is 9.50 Å². The fourth-order valence-corrected chi connectivity index (χ4v) is 3.11. The number of likely N-dealkylation sites (N-methyl/N-ethyl adjacent to an activating group) is 1. The second kappa shape index (κ2) is 5.23. The Morgan fingerprint density at radius 2 is 2.00 bits per heavy atom. The lowest BCUT2D eigenvalue weighted by Gasteiger charge is -2.50. The number of amides is 1. The Labute approximate surface area is 124 Å². The highest BCUT2D eigenvalue weighted by atomic mass is 32.2. The number of hydrogen-bond donors (Lipinski definition) is 1. The van der Waals surface area contributed by atoms with E-state index in [-0.39, 0.29) is 12.8 Å². The largest absolute Gasteiger partial charge is 0.534 e. The number of Topliss-reactive ketones (excluding diaryl/α,β-unsaturated/α-hetero) is 1. The van der Waals surface area contributed by atoms with Crippen LogP contribution in [0.25, 0.3) is 0 Å². The van der Waals surface area contributed by atoms with Gasteiger partial charge in [-0.2, -0.15) is 21.6 Å². The molecule has 7 nitrogen and oxygen atoms in total. The summed E-state index contributed by atoms with van der Waals surface area (Å²) in [5.74, 6) is -1.90. The van der Waals surface area contributed by atoms with Crippen molar-refractivity contribution in [2.24, 2.45) is 0 Å². The van der Waals surface area contributed by atoms with E-state index in [9.17, 15) is 31.2 Å². The molecule has 1 unspecified atom stereocenters. The van der Waals surface area contributed by atoms with Gasteiger partial charge >= 0.3 is 15.6 Å². The highest BCUT2D eigenvalue weighted by molar-refractivity contribution is 7.87. The van der Waals surface area contributed by atoms with Crippen LogP contribution in [0.3, 0.4) is 0 Å². The third-order valence-corrected chi connectivity index (χ3v) is 4.52. The van der Waals surface area contributed by atoms with E-state index in [1.807, 2.05) is 0 Å². The molecular formula is C11H13F3N2O5S. The van der Waals surface area contributed by atoms with Gasteiger partial charge in [0.15, 0.2) is 5.78 Å². The lowest BCUT2D eigenvalue weighted by Crippen LogP contribution is -2.70. The molecule has 0 aromatic carbocycles. The molecule has 0 aliphatic carbocycles. The number of hydrogen-bond acceptors (Lipinski definition) is 6. The van der Waals surface area contributed by atoms with Crippen molar-refractivity contribution in [1.82, 2.24) is 10.2 Å². The number of rotatable bonds is 4. The fraction of sp³-hybridized carbons (Fsp3) is 0.636. The normalized spacial score (nSPS) is 25.7. The minimum atomic E-state index is -5.88. The maximum absolute atomic E-state index is 12.4. The van der Waals surface area contributed by atoms with Crippen LogP contribution in [-0.4, -0.2) is 49.6 Å². The predicted molar refractivity (Wildman–Crippen MR) is 66.5 cm³/mol. The van der Waals surface area contributed by atoms with Gasteiger partial charge in [0, 0.05) is 13.3 Å². The Morgan fingerprint density at radius 1 is 1.41 bits per heavy atom. The van der Waals surface area contributed by atoms with Crippen LogP contribution in [0, 0.1) is 0 Å². The van der Waals surface area contributed by atoms with Gasteiger partial charge in [0.25, 0.3) is 0 Å². The molecule has 22 heavy (non-hydrogen) atoms. The zero-order chi connectivity index (χ0) is 16.9. The molecule has 2 aliphatic heterocycles. The molecule has 0 aromatic heterocycles. The van der Waals surface area contributed by atoms with Crippen molar-refractivity contribution in [3.63, 3.8) is 0 Å². The number of carbonyl (C=O) groups excluding carboxylic acids is 2. The van der Waals surface area contributed by atoms with Crippen molar-refractivity contribution < 1.29 is 35.4 Å². The number of carbonyl (C=O) groups is 2. The maximum Gasteiger partial charge on any atom is 0.534 e. The smallest absolute Gasteiger partial charge is 0.378 e. The van der Waals surface area contributed by atoms with Crippen molar-refractivity contribution in [2.45, 2.75) is 37.4 Å². The van der Waals surface area contributed by atoms with Gasteiger partial charge in [-0.05, 0) is 13.5 Å². The van der Waals surface area contributed by atoms with Crippen molar-refractivity contribution in [3.8, 4) is 0 Å². The van der Waals surface area contributed by atoms with Gasteiger partial charge in [0.1, 0.15) is 17.5 Å². The second-order valence-electron chi connectivity index (χ2n) is 4.89. The molecule has 0 radical (unpaired) electrons. The standard InChI is InChI=1S/C11H13F3N2O5S/c1-5(17)9-7(21-22(19,20)11(12,13)14)4-3-6-8(15-2)10(18)16(6)9/h6,8,15H,3-4H2,1-2H3/t6?,8-/m0/s1. The molecule has 0 saturated carbocycles. The average Bonchev–Trinajstić information content (AvgIpc) is 2.37. The fourth-order valence-electron chi connectivity index (χ4n) is 2.59. The van der Waals surface area contributed by atoms with E-state index in [0.29, 0.717) is 0 Å². The number of ketones is 1. The van der Waals surface area contributed by atoms with Gasteiger partial charge in [-0.3, -0.25) is 14.5 Å². The Bertz CT molecular complexity index is 655. The summed E-state index contributed by atoms with van der Waals surface area (Å²) < 4.78 is 63.4.